The number of hydrogen-bond acceptors (Lipinski definition) is 2. The Hall–Kier alpha value is -1.09. The summed E-state index contributed by atoms with van der Waals surface area (Å²) in [7, 11) is 0. The largest absolute Gasteiger partial charge is 0.487 e. The molecule has 0 spiro atoms. The van der Waals surface area contributed by atoms with Gasteiger partial charge in [-0.25, -0.2) is 0 Å². The average Bonchev–Trinajstić information content (AvgIpc) is 2.16. The molecule has 0 saturated heterocycles. The molecule has 1 rings (SSSR count). The van der Waals surface area contributed by atoms with Gasteiger partial charge in [-0.3, -0.25) is 0 Å². The van der Waals surface area contributed by atoms with Gasteiger partial charge in [0, 0.05) is 0 Å². The summed E-state index contributed by atoms with van der Waals surface area (Å²) in [6, 6.07) is 5.88. The molecule has 0 fully saturated rings. The molecule has 0 saturated carbocycles. The highest BCUT2D eigenvalue weighted by atomic mass is 32.1. The van der Waals surface area contributed by atoms with Crippen LogP contribution in [0.3, 0.4) is 0 Å². The van der Waals surface area contributed by atoms with Crippen molar-refractivity contribution < 1.29 is 4.74 Å². The molecule has 1 aromatic carbocycles. The molecule has 0 aliphatic carbocycles. The summed E-state index contributed by atoms with van der Waals surface area (Å²) < 4.78 is 5.96. The lowest BCUT2D eigenvalue weighted by molar-refractivity contribution is 0.105. The van der Waals surface area contributed by atoms with Gasteiger partial charge in [-0.05, 0) is 44.9 Å². The predicted octanol–water partition coefficient (Wildman–Crippen LogP) is 3.20. The van der Waals surface area contributed by atoms with Gasteiger partial charge in [0.25, 0.3) is 0 Å². The van der Waals surface area contributed by atoms with Crippen molar-refractivity contribution in [1.29, 1.82) is 0 Å². The van der Waals surface area contributed by atoms with Crippen LogP contribution in [-0.4, -0.2) is 10.6 Å². The quantitative estimate of drug-likeness (QED) is 0.817. The van der Waals surface area contributed by atoms with E-state index in [1.807, 2.05) is 25.1 Å². The Morgan fingerprint density at radius 3 is 2.56 bits per heavy atom. The van der Waals surface area contributed by atoms with Gasteiger partial charge in [-0.2, -0.15) is 0 Å². The van der Waals surface area contributed by atoms with Crippen LogP contribution in [0.2, 0.25) is 0 Å². The first-order valence-corrected chi connectivity index (χ1v) is 5.86. The average molecular weight is 237 g/mol. The lowest BCUT2D eigenvalue weighted by atomic mass is 10.1. The summed E-state index contributed by atoms with van der Waals surface area (Å²) in [5.74, 6) is 0.777. The second-order valence-electron chi connectivity index (χ2n) is 4.58. The number of rotatable bonds is 4. The van der Waals surface area contributed by atoms with Gasteiger partial charge in [0.1, 0.15) is 16.3 Å². The Morgan fingerprint density at radius 1 is 1.44 bits per heavy atom. The van der Waals surface area contributed by atoms with E-state index in [2.05, 4.69) is 20.8 Å². The van der Waals surface area contributed by atoms with Crippen molar-refractivity contribution in [1.82, 2.24) is 0 Å². The number of ether oxygens (including phenoxy) is 1. The first-order chi connectivity index (χ1) is 7.35. The highest BCUT2D eigenvalue weighted by Gasteiger charge is 2.19. The molecule has 0 aliphatic heterocycles. The van der Waals surface area contributed by atoms with Gasteiger partial charge < -0.3 is 10.5 Å². The third-order valence-electron chi connectivity index (χ3n) is 2.64. The van der Waals surface area contributed by atoms with Crippen LogP contribution in [0.25, 0.3) is 0 Å². The van der Waals surface area contributed by atoms with Crippen LogP contribution in [-0.2, 0) is 0 Å². The first kappa shape index (κ1) is 13.0. The van der Waals surface area contributed by atoms with Crippen LogP contribution in [0, 0.1) is 6.92 Å². The summed E-state index contributed by atoms with van der Waals surface area (Å²) in [5, 5.41) is 0. The molecule has 1 aromatic rings. The van der Waals surface area contributed by atoms with E-state index < -0.39 is 0 Å². The van der Waals surface area contributed by atoms with E-state index in [9.17, 15) is 0 Å². The van der Waals surface area contributed by atoms with Crippen molar-refractivity contribution in [2.45, 2.75) is 39.7 Å². The third-order valence-corrected chi connectivity index (χ3v) is 2.86. The highest BCUT2D eigenvalue weighted by Crippen LogP contribution is 2.26. The molecule has 2 N–H and O–H groups in total. The third kappa shape index (κ3) is 3.20. The van der Waals surface area contributed by atoms with Crippen LogP contribution >= 0.6 is 12.2 Å². The summed E-state index contributed by atoms with van der Waals surface area (Å²) in [5.41, 5.74) is 7.42. The smallest absolute Gasteiger partial charge is 0.130 e. The van der Waals surface area contributed by atoms with Crippen LogP contribution in [0.1, 0.15) is 38.3 Å². The van der Waals surface area contributed by atoms with Gasteiger partial charge in [0.2, 0.25) is 0 Å². The Bertz CT molecular complexity index is 399. The molecule has 16 heavy (non-hydrogen) atoms. The van der Waals surface area contributed by atoms with Gasteiger partial charge >= 0.3 is 0 Å². The topological polar surface area (TPSA) is 35.2 Å². The molecule has 0 aliphatic rings. The van der Waals surface area contributed by atoms with E-state index in [4.69, 9.17) is 22.7 Å². The van der Waals surface area contributed by atoms with Gasteiger partial charge in [-0.1, -0.05) is 25.2 Å². The fourth-order valence-electron chi connectivity index (χ4n) is 1.29. The van der Waals surface area contributed by atoms with E-state index in [1.165, 1.54) is 0 Å². The second kappa shape index (κ2) is 4.83. The number of hydrogen-bond donors (Lipinski definition) is 1. The summed E-state index contributed by atoms with van der Waals surface area (Å²) in [6.45, 7) is 8.22. The van der Waals surface area contributed by atoms with E-state index in [0.717, 1.165) is 23.3 Å². The molecule has 0 atom stereocenters. The molecule has 0 bridgehead atoms. The molecule has 3 heteroatoms. The number of thiocarbonyl (C=S) groups is 1. The van der Waals surface area contributed by atoms with Gasteiger partial charge in [0.05, 0.1) is 5.56 Å². The Kier molecular flexibility index (Phi) is 3.92. The zero-order valence-corrected chi connectivity index (χ0v) is 11.1. The molecule has 88 valence electrons. The summed E-state index contributed by atoms with van der Waals surface area (Å²) in [6.07, 6.45) is 0.928. The van der Waals surface area contributed by atoms with E-state index in [-0.39, 0.29) is 5.60 Å². The van der Waals surface area contributed by atoms with Crippen molar-refractivity contribution in [3.8, 4) is 5.75 Å². The van der Waals surface area contributed by atoms with Crippen LogP contribution in [0.5, 0.6) is 5.75 Å². The molecule has 0 aromatic heterocycles. The normalized spacial score (nSPS) is 11.2. The summed E-state index contributed by atoms with van der Waals surface area (Å²) in [4.78, 5) is 0.377. The minimum Gasteiger partial charge on any atom is -0.487 e. The van der Waals surface area contributed by atoms with Crippen LogP contribution < -0.4 is 10.5 Å². The number of aryl methyl sites for hydroxylation is 1. The first-order valence-electron chi connectivity index (χ1n) is 5.45. The predicted molar refractivity (Wildman–Crippen MR) is 72.1 cm³/mol. The second-order valence-corrected chi connectivity index (χ2v) is 5.02. The minimum atomic E-state index is -0.201. The maximum absolute atomic E-state index is 5.96. The number of nitrogens with two attached hydrogens (primary N) is 1. The van der Waals surface area contributed by atoms with Crippen molar-refractivity contribution in [3.63, 3.8) is 0 Å². The lowest BCUT2D eigenvalue weighted by Gasteiger charge is -2.26. The highest BCUT2D eigenvalue weighted by molar-refractivity contribution is 7.80. The van der Waals surface area contributed by atoms with Crippen molar-refractivity contribution in [2.75, 3.05) is 0 Å². The van der Waals surface area contributed by atoms with Crippen molar-refractivity contribution >= 4 is 17.2 Å². The maximum Gasteiger partial charge on any atom is 0.130 e. The molecule has 0 radical (unpaired) electrons. The monoisotopic (exact) mass is 237 g/mol. The summed E-state index contributed by atoms with van der Waals surface area (Å²) >= 11 is 5.02. The molecule has 2 nitrogen and oxygen atoms in total. The Balaban J connectivity index is 3.10. The van der Waals surface area contributed by atoms with Crippen molar-refractivity contribution in [3.05, 3.63) is 29.3 Å². The number of benzene rings is 1. The van der Waals surface area contributed by atoms with E-state index >= 15 is 0 Å². The zero-order chi connectivity index (χ0) is 12.3. The van der Waals surface area contributed by atoms with E-state index in [0.29, 0.717) is 4.99 Å². The Labute approximate surface area is 103 Å². The van der Waals surface area contributed by atoms with Crippen LogP contribution in [0.4, 0.5) is 0 Å². The van der Waals surface area contributed by atoms with Gasteiger partial charge in [-0.15, -0.1) is 0 Å². The Morgan fingerprint density at radius 2 is 2.06 bits per heavy atom. The maximum atomic E-state index is 5.96. The SMILES string of the molecule is CCC(C)(C)Oc1cc(C)ccc1C(N)=S. The fraction of sp³-hybridized carbons (Fsp3) is 0.462. The van der Waals surface area contributed by atoms with E-state index in [1.54, 1.807) is 0 Å². The fourth-order valence-corrected chi connectivity index (χ4v) is 1.46. The van der Waals surface area contributed by atoms with Crippen molar-refractivity contribution in [2.24, 2.45) is 5.73 Å². The molecule has 0 amide bonds. The standard InChI is InChI=1S/C13H19NOS/c1-5-13(3,4)15-11-8-9(2)6-7-10(11)12(14)16/h6-8H,5H2,1-4H3,(H2,14,16). The molecular weight excluding hydrogens is 218 g/mol. The van der Waals surface area contributed by atoms with Crippen LogP contribution in [0.15, 0.2) is 18.2 Å². The molecule has 0 heterocycles. The molecule has 0 unspecified atom stereocenters. The molecular formula is C13H19NOS. The zero-order valence-electron chi connectivity index (χ0n) is 10.3. The van der Waals surface area contributed by atoms with Gasteiger partial charge in [0.15, 0.2) is 0 Å². The minimum absolute atomic E-state index is 0.201. The lowest BCUT2D eigenvalue weighted by Crippen LogP contribution is -2.28.